The van der Waals surface area contributed by atoms with Crippen molar-refractivity contribution in [1.82, 2.24) is 0 Å². The molecule has 6 heteroatoms. The summed E-state index contributed by atoms with van der Waals surface area (Å²) in [6, 6.07) is 6.49. The van der Waals surface area contributed by atoms with Gasteiger partial charge in [0.25, 0.3) is 0 Å². The first kappa shape index (κ1) is 17.8. The molecular formula is C17H22F3NO2. The lowest BCUT2D eigenvalue weighted by molar-refractivity contribution is -0.133. The van der Waals surface area contributed by atoms with Crippen molar-refractivity contribution in [2.24, 2.45) is 0 Å². The van der Waals surface area contributed by atoms with Crippen molar-refractivity contribution in [1.29, 1.82) is 0 Å². The first-order valence-corrected chi connectivity index (χ1v) is 7.94. The largest absolute Gasteiger partial charge is 0.389 e. The van der Waals surface area contributed by atoms with E-state index in [4.69, 9.17) is 0 Å². The monoisotopic (exact) mass is 329 g/mol. The van der Waals surface area contributed by atoms with Gasteiger partial charge in [-0.2, -0.15) is 13.2 Å². The Morgan fingerprint density at radius 3 is 2.48 bits per heavy atom. The van der Waals surface area contributed by atoms with Crippen LogP contribution in [0.5, 0.6) is 0 Å². The van der Waals surface area contributed by atoms with Gasteiger partial charge < -0.3 is 10.4 Å². The number of amides is 1. The highest BCUT2D eigenvalue weighted by Crippen LogP contribution is 2.31. The maximum atomic E-state index is 12.4. The Bertz CT molecular complexity index is 537. The van der Waals surface area contributed by atoms with Crippen LogP contribution in [0.25, 0.3) is 0 Å². The highest BCUT2D eigenvalue weighted by Gasteiger charge is 2.32. The zero-order chi connectivity index (χ0) is 16.9. The number of carbonyl (C=O) groups is 1. The molecule has 0 unspecified atom stereocenters. The third kappa shape index (κ3) is 5.86. The predicted octanol–water partition coefficient (Wildman–Crippen LogP) is 4.21. The summed E-state index contributed by atoms with van der Waals surface area (Å²) in [5.41, 5.74) is -0.140. The fourth-order valence-electron chi connectivity index (χ4n) is 3.02. The quantitative estimate of drug-likeness (QED) is 0.850. The molecule has 0 heterocycles. The normalized spacial score (nSPS) is 17.7. The van der Waals surface area contributed by atoms with Gasteiger partial charge in [0.15, 0.2) is 0 Å². The predicted molar refractivity (Wildman–Crippen MR) is 82.1 cm³/mol. The molecule has 128 valence electrons. The van der Waals surface area contributed by atoms with Gasteiger partial charge in [0.1, 0.15) is 0 Å². The summed E-state index contributed by atoms with van der Waals surface area (Å²) in [5.74, 6) is -0.353. The third-order valence-electron chi connectivity index (χ3n) is 4.24. The minimum Gasteiger partial charge on any atom is -0.389 e. The van der Waals surface area contributed by atoms with Gasteiger partial charge in [-0.05, 0) is 30.9 Å². The molecule has 3 nitrogen and oxygen atoms in total. The number of aryl methyl sites for hydroxylation is 1. The van der Waals surface area contributed by atoms with Crippen molar-refractivity contribution in [3.05, 3.63) is 29.8 Å². The van der Waals surface area contributed by atoms with E-state index < -0.39 is 18.2 Å². The Balaban J connectivity index is 1.97. The number of rotatable bonds is 5. The Morgan fingerprint density at radius 2 is 1.83 bits per heavy atom. The van der Waals surface area contributed by atoms with E-state index in [1.807, 2.05) is 0 Å². The number of hydrogen-bond donors (Lipinski definition) is 2. The lowest BCUT2D eigenvalue weighted by Crippen LogP contribution is -2.36. The molecule has 0 aliphatic heterocycles. The molecule has 0 saturated heterocycles. The summed E-state index contributed by atoms with van der Waals surface area (Å²) in [6.07, 6.45) is -1.31. The zero-order valence-corrected chi connectivity index (χ0v) is 13.0. The van der Waals surface area contributed by atoms with Gasteiger partial charge >= 0.3 is 6.18 Å². The average molecular weight is 329 g/mol. The zero-order valence-electron chi connectivity index (χ0n) is 13.0. The highest BCUT2D eigenvalue weighted by molar-refractivity contribution is 5.92. The van der Waals surface area contributed by atoms with Crippen LogP contribution in [0.1, 0.15) is 50.5 Å². The first-order valence-electron chi connectivity index (χ1n) is 7.94. The number of para-hydroxylation sites is 1. The van der Waals surface area contributed by atoms with Gasteiger partial charge in [-0.25, -0.2) is 0 Å². The Kier molecular flexibility index (Phi) is 5.68. The van der Waals surface area contributed by atoms with Gasteiger partial charge in [-0.3, -0.25) is 4.79 Å². The number of halogens is 3. The van der Waals surface area contributed by atoms with Crippen molar-refractivity contribution in [3.8, 4) is 0 Å². The van der Waals surface area contributed by atoms with E-state index in [2.05, 4.69) is 5.32 Å². The smallest absolute Gasteiger partial charge is 0.389 e. The number of nitrogens with one attached hydrogen (secondary N) is 1. The summed E-state index contributed by atoms with van der Waals surface area (Å²) in [4.78, 5) is 12.1. The molecule has 1 aliphatic carbocycles. The molecular weight excluding hydrogens is 307 g/mol. The topological polar surface area (TPSA) is 49.3 Å². The van der Waals surface area contributed by atoms with Crippen LogP contribution in [0.4, 0.5) is 18.9 Å². The van der Waals surface area contributed by atoms with E-state index in [9.17, 15) is 23.1 Å². The Morgan fingerprint density at radius 1 is 1.17 bits per heavy atom. The minimum atomic E-state index is -4.23. The summed E-state index contributed by atoms with van der Waals surface area (Å²) < 4.78 is 37.1. The number of benzene rings is 1. The van der Waals surface area contributed by atoms with Gasteiger partial charge in [0.05, 0.1) is 12.0 Å². The fourth-order valence-corrected chi connectivity index (χ4v) is 3.02. The van der Waals surface area contributed by atoms with Gasteiger partial charge in [0.2, 0.25) is 5.91 Å². The average Bonchev–Trinajstić information content (AvgIpc) is 2.45. The second-order valence-electron chi connectivity index (χ2n) is 6.28. The number of anilines is 1. The van der Waals surface area contributed by atoms with E-state index in [-0.39, 0.29) is 18.7 Å². The van der Waals surface area contributed by atoms with Crippen LogP contribution in [0.15, 0.2) is 24.3 Å². The van der Waals surface area contributed by atoms with E-state index in [1.54, 1.807) is 24.3 Å². The van der Waals surface area contributed by atoms with Gasteiger partial charge in [-0.1, -0.05) is 37.5 Å². The van der Waals surface area contributed by atoms with Crippen LogP contribution >= 0.6 is 0 Å². The summed E-state index contributed by atoms with van der Waals surface area (Å²) in [6.45, 7) is 0. The SMILES string of the molecule is O=C(CC1(O)CCCCC1)Nc1ccccc1CCC(F)(F)F. The molecule has 1 fully saturated rings. The second-order valence-corrected chi connectivity index (χ2v) is 6.28. The molecule has 0 spiro atoms. The Hall–Kier alpha value is -1.56. The molecule has 1 aliphatic rings. The van der Waals surface area contributed by atoms with E-state index in [1.165, 1.54) is 0 Å². The molecule has 2 rings (SSSR count). The fraction of sp³-hybridized carbons (Fsp3) is 0.588. The molecule has 23 heavy (non-hydrogen) atoms. The highest BCUT2D eigenvalue weighted by atomic mass is 19.4. The molecule has 1 aromatic carbocycles. The van der Waals surface area contributed by atoms with Gasteiger partial charge in [0, 0.05) is 12.1 Å². The summed E-state index contributed by atoms with van der Waals surface area (Å²) in [5, 5.41) is 13.0. The first-order chi connectivity index (χ1) is 10.8. The van der Waals surface area contributed by atoms with Crippen LogP contribution in [0, 0.1) is 0 Å². The lowest BCUT2D eigenvalue weighted by Gasteiger charge is -2.31. The third-order valence-corrected chi connectivity index (χ3v) is 4.24. The van der Waals surface area contributed by atoms with Crippen molar-refractivity contribution >= 4 is 11.6 Å². The lowest BCUT2D eigenvalue weighted by atomic mass is 9.82. The number of alkyl halides is 3. The van der Waals surface area contributed by atoms with Crippen LogP contribution in [0.2, 0.25) is 0 Å². The second kappa shape index (κ2) is 7.34. The summed E-state index contributed by atoms with van der Waals surface area (Å²) in [7, 11) is 0. The molecule has 1 amide bonds. The molecule has 0 aromatic heterocycles. The van der Waals surface area contributed by atoms with Crippen molar-refractivity contribution in [2.75, 3.05) is 5.32 Å². The van der Waals surface area contributed by atoms with Crippen LogP contribution in [0.3, 0.4) is 0 Å². The maximum absolute atomic E-state index is 12.4. The number of carbonyl (C=O) groups excluding carboxylic acids is 1. The molecule has 1 aromatic rings. The van der Waals surface area contributed by atoms with Gasteiger partial charge in [-0.15, -0.1) is 0 Å². The molecule has 2 N–H and O–H groups in total. The maximum Gasteiger partial charge on any atom is 0.389 e. The van der Waals surface area contributed by atoms with E-state index >= 15 is 0 Å². The number of hydrogen-bond acceptors (Lipinski definition) is 2. The van der Waals surface area contributed by atoms with Crippen molar-refractivity contribution in [2.45, 2.75) is 63.1 Å². The Labute approximate surface area is 133 Å². The van der Waals surface area contributed by atoms with Crippen LogP contribution in [-0.2, 0) is 11.2 Å². The van der Waals surface area contributed by atoms with Crippen molar-refractivity contribution < 1.29 is 23.1 Å². The van der Waals surface area contributed by atoms with E-state index in [0.29, 0.717) is 24.1 Å². The van der Waals surface area contributed by atoms with Crippen LogP contribution < -0.4 is 5.32 Å². The van der Waals surface area contributed by atoms with Crippen LogP contribution in [-0.4, -0.2) is 22.8 Å². The van der Waals surface area contributed by atoms with Crippen molar-refractivity contribution in [3.63, 3.8) is 0 Å². The molecule has 1 saturated carbocycles. The summed E-state index contributed by atoms with van der Waals surface area (Å²) >= 11 is 0. The van der Waals surface area contributed by atoms with E-state index in [0.717, 1.165) is 19.3 Å². The number of aliphatic hydroxyl groups is 1. The molecule has 0 bridgehead atoms. The molecule has 0 radical (unpaired) electrons. The minimum absolute atomic E-state index is 0.0133. The molecule has 0 atom stereocenters. The standard InChI is InChI=1S/C17H22F3NO2/c18-17(19,20)11-8-13-6-2-3-7-14(13)21-15(22)12-16(23)9-4-1-5-10-16/h2-3,6-7,23H,1,4-5,8-12H2,(H,21,22).